The zero-order valence-corrected chi connectivity index (χ0v) is 18.4. The Bertz CT molecular complexity index is 1320. The highest BCUT2D eigenvalue weighted by Crippen LogP contribution is 2.24. The van der Waals surface area contributed by atoms with Crippen LogP contribution in [-0.4, -0.2) is 40.9 Å². The largest absolute Gasteiger partial charge is 0.497 e. The van der Waals surface area contributed by atoms with Crippen LogP contribution in [0.5, 0.6) is 11.5 Å². The number of furan rings is 1. The number of rotatable bonds is 9. The van der Waals surface area contributed by atoms with Gasteiger partial charge in [0.15, 0.2) is 5.58 Å². The Morgan fingerprint density at radius 2 is 2.00 bits per heavy atom. The maximum absolute atomic E-state index is 12.8. The predicted molar refractivity (Wildman–Crippen MR) is 119 cm³/mol. The van der Waals surface area contributed by atoms with E-state index >= 15 is 0 Å². The number of amides is 1. The summed E-state index contributed by atoms with van der Waals surface area (Å²) in [5, 5.41) is 7.32. The first-order valence-corrected chi connectivity index (χ1v) is 10.5. The molecule has 0 spiro atoms. The van der Waals surface area contributed by atoms with Gasteiger partial charge in [0.05, 0.1) is 26.0 Å². The summed E-state index contributed by atoms with van der Waals surface area (Å²) >= 11 is 0. The molecule has 1 N–H and O–H groups in total. The third kappa shape index (κ3) is 4.18. The Balaban J connectivity index is 1.31. The molecule has 168 valence electrons. The van der Waals surface area contributed by atoms with Crippen molar-refractivity contribution in [2.75, 3.05) is 20.8 Å². The van der Waals surface area contributed by atoms with E-state index in [1.54, 1.807) is 30.9 Å². The molecule has 9 heteroatoms. The summed E-state index contributed by atoms with van der Waals surface area (Å²) in [7, 11) is 3.21. The lowest BCUT2D eigenvalue weighted by Crippen LogP contribution is -2.28. The SMILES string of the molecule is COc1ccc(CCNC(=O)CCCn2nc(C)n3c(cc4occc43)c2=O)c(OC)c1. The molecule has 0 aliphatic heterocycles. The Kier molecular flexibility index (Phi) is 6.16. The van der Waals surface area contributed by atoms with Crippen molar-refractivity contribution in [1.29, 1.82) is 0 Å². The lowest BCUT2D eigenvalue weighted by molar-refractivity contribution is -0.121. The van der Waals surface area contributed by atoms with Crippen molar-refractivity contribution >= 4 is 22.5 Å². The molecule has 4 aromatic rings. The van der Waals surface area contributed by atoms with E-state index in [-0.39, 0.29) is 11.5 Å². The molecule has 0 saturated carbocycles. The number of hydrogen-bond donors (Lipinski definition) is 1. The van der Waals surface area contributed by atoms with Crippen molar-refractivity contribution in [2.45, 2.75) is 32.7 Å². The van der Waals surface area contributed by atoms with E-state index in [1.165, 1.54) is 4.68 Å². The highest BCUT2D eigenvalue weighted by atomic mass is 16.5. The number of benzene rings is 1. The smallest absolute Gasteiger partial charge is 0.291 e. The lowest BCUT2D eigenvalue weighted by atomic mass is 10.1. The maximum atomic E-state index is 12.8. The average Bonchev–Trinajstić information content (AvgIpc) is 3.39. The molecule has 3 heterocycles. The molecular weight excluding hydrogens is 412 g/mol. The van der Waals surface area contributed by atoms with Crippen LogP contribution in [0.2, 0.25) is 0 Å². The van der Waals surface area contributed by atoms with Crippen molar-refractivity contribution < 1.29 is 18.7 Å². The van der Waals surface area contributed by atoms with Gasteiger partial charge in [-0.15, -0.1) is 0 Å². The molecule has 32 heavy (non-hydrogen) atoms. The van der Waals surface area contributed by atoms with Gasteiger partial charge < -0.3 is 19.2 Å². The average molecular weight is 438 g/mol. The molecule has 0 fully saturated rings. The maximum Gasteiger partial charge on any atom is 0.291 e. The predicted octanol–water partition coefficient (Wildman–Crippen LogP) is 2.71. The number of carbonyl (C=O) groups excluding carboxylic acids is 1. The van der Waals surface area contributed by atoms with Crippen molar-refractivity contribution in [2.24, 2.45) is 0 Å². The molecular formula is C23H26N4O5. The monoisotopic (exact) mass is 438 g/mol. The third-order valence-electron chi connectivity index (χ3n) is 5.45. The van der Waals surface area contributed by atoms with E-state index in [9.17, 15) is 9.59 Å². The van der Waals surface area contributed by atoms with Crippen LogP contribution in [0.3, 0.4) is 0 Å². The summed E-state index contributed by atoms with van der Waals surface area (Å²) in [6, 6.07) is 9.16. The molecule has 0 radical (unpaired) electrons. The number of hydrogen-bond acceptors (Lipinski definition) is 6. The summed E-state index contributed by atoms with van der Waals surface area (Å²) in [6.45, 7) is 2.70. The molecule has 1 amide bonds. The highest BCUT2D eigenvalue weighted by molar-refractivity contribution is 5.82. The number of aryl methyl sites for hydroxylation is 2. The molecule has 0 aliphatic rings. The van der Waals surface area contributed by atoms with Gasteiger partial charge in [0.25, 0.3) is 5.56 Å². The van der Waals surface area contributed by atoms with Gasteiger partial charge in [0, 0.05) is 37.7 Å². The topological polar surface area (TPSA) is 100 Å². The summed E-state index contributed by atoms with van der Waals surface area (Å²) in [4.78, 5) is 25.0. The zero-order valence-electron chi connectivity index (χ0n) is 18.4. The summed E-state index contributed by atoms with van der Waals surface area (Å²) in [5.41, 5.74) is 2.78. The Morgan fingerprint density at radius 1 is 1.16 bits per heavy atom. The molecule has 0 atom stereocenters. The van der Waals surface area contributed by atoms with E-state index in [2.05, 4.69) is 10.4 Å². The Labute approximate surface area is 184 Å². The molecule has 9 nitrogen and oxygen atoms in total. The number of nitrogens with zero attached hydrogens (tertiary/aromatic N) is 3. The van der Waals surface area contributed by atoms with Gasteiger partial charge in [-0.3, -0.25) is 14.0 Å². The first kappa shape index (κ1) is 21.5. The first-order chi connectivity index (χ1) is 15.5. The van der Waals surface area contributed by atoms with Gasteiger partial charge in [0.1, 0.15) is 22.8 Å². The summed E-state index contributed by atoms with van der Waals surface area (Å²) in [6.07, 6.45) is 3.05. The molecule has 0 aliphatic carbocycles. The molecule has 0 saturated heterocycles. The second kappa shape index (κ2) is 9.17. The van der Waals surface area contributed by atoms with Gasteiger partial charge in [0.2, 0.25) is 5.91 Å². The zero-order chi connectivity index (χ0) is 22.7. The molecule has 3 aromatic heterocycles. The minimum absolute atomic E-state index is 0.0662. The van der Waals surface area contributed by atoms with Crippen LogP contribution in [0, 0.1) is 6.92 Å². The van der Waals surface area contributed by atoms with Crippen LogP contribution < -0.4 is 20.3 Å². The molecule has 1 aromatic carbocycles. The number of carbonyl (C=O) groups is 1. The fourth-order valence-corrected chi connectivity index (χ4v) is 3.85. The number of nitrogens with one attached hydrogen (secondary N) is 1. The van der Waals surface area contributed by atoms with E-state index in [0.29, 0.717) is 49.3 Å². The second-order valence-corrected chi connectivity index (χ2v) is 7.49. The van der Waals surface area contributed by atoms with E-state index in [4.69, 9.17) is 13.9 Å². The number of aromatic nitrogens is 3. The Hall–Kier alpha value is -3.75. The van der Waals surface area contributed by atoms with Crippen LogP contribution in [-0.2, 0) is 17.8 Å². The fourth-order valence-electron chi connectivity index (χ4n) is 3.85. The van der Waals surface area contributed by atoms with Crippen LogP contribution in [0.25, 0.3) is 16.6 Å². The lowest BCUT2D eigenvalue weighted by Gasteiger charge is -2.11. The minimum atomic E-state index is -0.200. The quantitative estimate of drug-likeness (QED) is 0.431. The van der Waals surface area contributed by atoms with Gasteiger partial charge in [-0.25, -0.2) is 4.68 Å². The fraction of sp³-hybridized carbons (Fsp3) is 0.348. The second-order valence-electron chi connectivity index (χ2n) is 7.49. The number of methoxy groups -OCH3 is 2. The van der Waals surface area contributed by atoms with Crippen molar-refractivity contribution in [1.82, 2.24) is 19.5 Å². The first-order valence-electron chi connectivity index (χ1n) is 10.5. The third-order valence-corrected chi connectivity index (χ3v) is 5.45. The van der Waals surface area contributed by atoms with E-state index < -0.39 is 0 Å². The Morgan fingerprint density at radius 3 is 2.78 bits per heavy atom. The van der Waals surface area contributed by atoms with Gasteiger partial charge in [-0.05, 0) is 31.4 Å². The number of ether oxygens (including phenoxy) is 2. The molecule has 0 bridgehead atoms. The summed E-state index contributed by atoms with van der Waals surface area (Å²) < 4.78 is 19.2. The highest BCUT2D eigenvalue weighted by Gasteiger charge is 2.14. The molecule has 4 rings (SSSR count). The van der Waals surface area contributed by atoms with Crippen LogP contribution in [0.15, 0.2) is 45.8 Å². The van der Waals surface area contributed by atoms with Crippen molar-refractivity contribution in [3.63, 3.8) is 0 Å². The summed E-state index contributed by atoms with van der Waals surface area (Å²) in [5.74, 6) is 2.07. The van der Waals surface area contributed by atoms with Gasteiger partial charge in [-0.2, -0.15) is 5.10 Å². The van der Waals surface area contributed by atoms with Crippen molar-refractivity contribution in [3.05, 3.63) is 58.3 Å². The van der Waals surface area contributed by atoms with Gasteiger partial charge >= 0.3 is 0 Å². The number of fused-ring (bicyclic) bond motifs is 3. The van der Waals surface area contributed by atoms with Crippen LogP contribution >= 0.6 is 0 Å². The van der Waals surface area contributed by atoms with Gasteiger partial charge in [-0.1, -0.05) is 6.07 Å². The van der Waals surface area contributed by atoms with Crippen LogP contribution in [0.1, 0.15) is 24.2 Å². The molecule has 0 unspecified atom stereocenters. The minimum Gasteiger partial charge on any atom is -0.497 e. The normalized spacial score (nSPS) is 11.2. The van der Waals surface area contributed by atoms with Crippen molar-refractivity contribution in [3.8, 4) is 11.5 Å². The van der Waals surface area contributed by atoms with Crippen LogP contribution in [0.4, 0.5) is 0 Å². The van der Waals surface area contributed by atoms with E-state index in [1.807, 2.05) is 31.2 Å². The standard InChI is InChI=1S/C23H26N4O5/c1-15-25-26(23(29)19-14-21-18(27(15)19)9-12-32-21)11-4-5-22(28)24-10-8-16-6-7-17(30-2)13-20(16)31-3/h6-7,9,12-14H,4-5,8,10-11H2,1-3H3,(H,24,28). The van der Waals surface area contributed by atoms with E-state index in [0.717, 1.165) is 22.6 Å².